The first-order valence-corrected chi connectivity index (χ1v) is 7.50. The molecule has 1 aromatic carbocycles. The van der Waals surface area contributed by atoms with Crippen molar-refractivity contribution in [1.82, 2.24) is 15.5 Å². The normalized spacial score (nSPS) is 14.6. The number of H-pyrrole nitrogens is 1. The molecule has 1 aliphatic rings. The van der Waals surface area contributed by atoms with Crippen LogP contribution in [0.15, 0.2) is 29.1 Å². The third-order valence-corrected chi connectivity index (χ3v) is 3.90. The number of aromatic amines is 1. The van der Waals surface area contributed by atoms with Gasteiger partial charge in [-0.05, 0) is 18.2 Å². The van der Waals surface area contributed by atoms with Crippen molar-refractivity contribution in [3.63, 3.8) is 0 Å². The number of rotatable bonds is 4. The third-order valence-electron chi connectivity index (χ3n) is 3.90. The van der Waals surface area contributed by atoms with E-state index in [0.717, 1.165) is 43.1 Å². The van der Waals surface area contributed by atoms with Crippen LogP contribution in [0.2, 0.25) is 0 Å². The molecule has 1 fully saturated rings. The first-order valence-electron chi connectivity index (χ1n) is 7.50. The SMILES string of the molecule is COc1ccc(-c2n[nH]c(=O)cc2N2CCNCC2)cc1OC. The van der Waals surface area contributed by atoms with E-state index in [9.17, 15) is 4.79 Å². The van der Waals surface area contributed by atoms with E-state index in [0.29, 0.717) is 11.5 Å². The lowest BCUT2D eigenvalue weighted by atomic mass is 10.1. The van der Waals surface area contributed by atoms with Gasteiger partial charge in [0.2, 0.25) is 0 Å². The summed E-state index contributed by atoms with van der Waals surface area (Å²) in [4.78, 5) is 13.9. The Morgan fingerprint density at radius 3 is 2.52 bits per heavy atom. The lowest BCUT2D eigenvalue weighted by molar-refractivity contribution is 0.355. The number of piperazine rings is 1. The molecule has 7 nitrogen and oxygen atoms in total. The molecule has 7 heteroatoms. The van der Waals surface area contributed by atoms with E-state index in [4.69, 9.17) is 9.47 Å². The summed E-state index contributed by atoms with van der Waals surface area (Å²) in [6.45, 7) is 3.45. The van der Waals surface area contributed by atoms with Gasteiger partial charge in [0.25, 0.3) is 5.56 Å². The topological polar surface area (TPSA) is 79.5 Å². The number of hydrogen-bond donors (Lipinski definition) is 2. The standard InChI is InChI=1S/C16H20N4O3/c1-22-13-4-3-11(9-14(13)23-2)16-12(10-15(21)18-19-16)20-7-5-17-6-8-20/h3-4,9-10,17H,5-8H2,1-2H3,(H,18,21). The van der Waals surface area contributed by atoms with Crippen molar-refractivity contribution in [2.24, 2.45) is 0 Å². The summed E-state index contributed by atoms with van der Waals surface area (Å²) in [5, 5.41) is 10.1. The highest BCUT2D eigenvalue weighted by Crippen LogP contribution is 2.34. The predicted octanol–water partition coefficient (Wildman–Crippen LogP) is 0.864. The molecule has 0 radical (unpaired) electrons. The molecule has 1 saturated heterocycles. The fourth-order valence-electron chi connectivity index (χ4n) is 2.74. The van der Waals surface area contributed by atoms with E-state index in [1.807, 2.05) is 18.2 Å². The van der Waals surface area contributed by atoms with E-state index in [2.05, 4.69) is 20.4 Å². The lowest BCUT2D eigenvalue weighted by Crippen LogP contribution is -2.44. The molecule has 0 aliphatic carbocycles. The highest BCUT2D eigenvalue weighted by Gasteiger charge is 2.18. The second-order valence-corrected chi connectivity index (χ2v) is 5.27. The highest BCUT2D eigenvalue weighted by atomic mass is 16.5. The molecule has 23 heavy (non-hydrogen) atoms. The molecule has 0 saturated carbocycles. The molecule has 0 amide bonds. The number of ether oxygens (including phenoxy) is 2. The van der Waals surface area contributed by atoms with Gasteiger partial charge in [-0.3, -0.25) is 4.79 Å². The molecule has 3 rings (SSSR count). The Morgan fingerprint density at radius 1 is 1.09 bits per heavy atom. The van der Waals surface area contributed by atoms with Crippen molar-refractivity contribution in [2.45, 2.75) is 0 Å². The fraction of sp³-hybridized carbons (Fsp3) is 0.375. The molecule has 0 spiro atoms. The number of nitrogens with zero attached hydrogens (tertiary/aromatic N) is 2. The van der Waals surface area contributed by atoms with Gasteiger partial charge in [-0.2, -0.15) is 5.10 Å². The minimum Gasteiger partial charge on any atom is -0.493 e. The molecule has 122 valence electrons. The molecule has 0 bridgehead atoms. The smallest absolute Gasteiger partial charge is 0.266 e. The summed E-state index contributed by atoms with van der Waals surface area (Å²) in [6, 6.07) is 7.21. The van der Waals surface area contributed by atoms with Crippen molar-refractivity contribution in [2.75, 3.05) is 45.3 Å². The Morgan fingerprint density at radius 2 is 1.83 bits per heavy atom. The fourth-order valence-corrected chi connectivity index (χ4v) is 2.74. The van der Waals surface area contributed by atoms with Crippen LogP contribution in [0.5, 0.6) is 11.5 Å². The molecule has 1 aliphatic heterocycles. The monoisotopic (exact) mass is 316 g/mol. The molecule has 1 aromatic heterocycles. The summed E-state index contributed by atoms with van der Waals surface area (Å²) in [7, 11) is 3.20. The van der Waals surface area contributed by atoms with E-state index in [-0.39, 0.29) is 5.56 Å². The number of methoxy groups -OCH3 is 2. The van der Waals surface area contributed by atoms with E-state index in [1.54, 1.807) is 20.3 Å². The predicted molar refractivity (Wildman–Crippen MR) is 88.5 cm³/mol. The Hall–Kier alpha value is -2.54. The average Bonchev–Trinajstić information content (AvgIpc) is 2.61. The summed E-state index contributed by atoms with van der Waals surface area (Å²) in [5.41, 5.74) is 2.23. The number of anilines is 1. The van der Waals surface area contributed by atoms with Crippen molar-refractivity contribution < 1.29 is 9.47 Å². The van der Waals surface area contributed by atoms with Gasteiger partial charge in [-0.1, -0.05) is 0 Å². The van der Waals surface area contributed by atoms with E-state index in [1.165, 1.54) is 0 Å². The first-order chi connectivity index (χ1) is 11.2. The average molecular weight is 316 g/mol. The Balaban J connectivity index is 2.07. The van der Waals surface area contributed by atoms with Crippen LogP contribution >= 0.6 is 0 Å². The van der Waals surface area contributed by atoms with Crippen LogP contribution in [-0.4, -0.2) is 50.6 Å². The minimum atomic E-state index is -0.206. The molecule has 0 atom stereocenters. The second-order valence-electron chi connectivity index (χ2n) is 5.27. The van der Waals surface area contributed by atoms with Crippen LogP contribution < -0.4 is 25.2 Å². The molecule has 2 heterocycles. The zero-order valence-corrected chi connectivity index (χ0v) is 13.3. The van der Waals surface area contributed by atoms with Gasteiger partial charge >= 0.3 is 0 Å². The zero-order valence-electron chi connectivity index (χ0n) is 13.3. The van der Waals surface area contributed by atoms with Gasteiger partial charge in [0.05, 0.1) is 19.9 Å². The molecule has 0 unspecified atom stereocenters. The zero-order chi connectivity index (χ0) is 16.2. The van der Waals surface area contributed by atoms with Gasteiger partial charge in [-0.25, -0.2) is 5.10 Å². The highest BCUT2D eigenvalue weighted by molar-refractivity contribution is 5.76. The van der Waals surface area contributed by atoms with E-state index < -0.39 is 0 Å². The minimum absolute atomic E-state index is 0.206. The summed E-state index contributed by atoms with van der Waals surface area (Å²) < 4.78 is 10.6. The van der Waals surface area contributed by atoms with Gasteiger partial charge in [0, 0.05) is 37.8 Å². The van der Waals surface area contributed by atoms with Gasteiger partial charge in [-0.15, -0.1) is 0 Å². The quantitative estimate of drug-likeness (QED) is 0.871. The Bertz CT molecular complexity index is 738. The van der Waals surface area contributed by atoms with Crippen molar-refractivity contribution in [1.29, 1.82) is 0 Å². The number of hydrogen-bond acceptors (Lipinski definition) is 6. The van der Waals surface area contributed by atoms with Crippen molar-refractivity contribution in [3.8, 4) is 22.8 Å². The summed E-state index contributed by atoms with van der Waals surface area (Å²) >= 11 is 0. The van der Waals surface area contributed by atoms with Crippen LogP contribution in [0.3, 0.4) is 0 Å². The van der Waals surface area contributed by atoms with Gasteiger partial charge in [0.1, 0.15) is 5.69 Å². The third kappa shape index (κ3) is 3.14. The van der Waals surface area contributed by atoms with Gasteiger partial charge < -0.3 is 19.7 Å². The largest absolute Gasteiger partial charge is 0.493 e. The summed E-state index contributed by atoms with van der Waals surface area (Å²) in [5.74, 6) is 1.29. The van der Waals surface area contributed by atoms with Crippen LogP contribution in [0, 0.1) is 0 Å². The maximum absolute atomic E-state index is 11.7. The summed E-state index contributed by atoms with van der Waals surface area (Å²) in [6.07, 6.45) is 0. The Labute approximate surface area is 134 Å². The van der Waals surface area contributed by atoms with E-state index >= 15 is 0 Å². The van der Waals surface area contributed by atoms with Crippen LogP contribution in [0.4, 0.5) is 5.69 Å². The molecular formula is C16H20N4O3. The van der Waals surface area contributed by atoms with Crippen LogP contribution in [0.25, 0.3) is 11.3 Å². The van der Waals surface area contributed by atoms with Crippen LogP contribution in [0.1, 0.15) is 0 Å². The van der Waals surface area contributed by atoms with Crippen molar-refractivity contribution >= 4 is 5.69 Å². The molecule has 2 aromatic rings. The Kier molecular flexibility index (Phi) is 4.47. The molecule has 2 N–H and O–H groups in total. The molecular weight excluding hydrogens is 296 g/mol. The maximum atomic E-state index is 11.7. The first kappa shape index (κ1) is 15.4. The van der Waals surface area contributed by atoms with Gasteiger partial charge in [0.15, 0.2) is 11.5 Å². The lowest BCUT2D eigenvalue weighted by Gasteiger charge is -2.30. The number of benzene rings is 1. The van der Waals surface area contributed by atoms with Crippen molar-refractivity contribution in [3.05, 3.63) is 34.6 Å². The second kappa shape index (κ2) is 6.70. The maximum Gasteiger partial charge on any atom is 0.266 e. The number of aromatic nitrogens is 2. The van der Waals surface area contributed by atoms with Crippen LogP contribution in [-0.2, 0) is 0 Å². The number of nitrogens with one attached hydrogen (secondary N) is 2.